The smallest absolute Gasteiger partial charge is 0.279 e. The number of nitriles is 1. The Bertz CT molecular complexity index is 1710. The molecule has 48 heavy (non-hydrogen) atoms. The van der Waals surface area contributed by atoms with Gasteiger partial charge in [-0.05, 0) is 85.3 Å². The molecule has 0 aliphatic heterocycles. The minimum Gasteiger partial charge on any atom is -0.490 e. The summed E-state index contributed by atoms with van der Waals surface area (Å²) in [5.74, 6) is 0.374. The summed E-state index contributed by atoms with van der Waals surface area (Å²) < 4.78 is 47.8. The van der Waals surface area contributed by atoms with Gasteiger partial charge in [-0.1, -0.05) is 6.92 Å². The summed E-state index contributed by atoms with van der Waals surface area (Å²) in [6, 6.07) is 16.7. The number of amides is 1. The van der Waals surface area contributed by atoms with Gasteiger partial charge >= 0.3 is 0 Å². The van der Waals surface area contributed by atoms with Gasteiger partial charge in [-0.15, -0.1) is 11.3 Å². The Balaban J connectivity index is 1.43. The normalized spacial score (nSPS) is 11.6. The zero-order valence-electron chi connectivity index (χ0n) is 26.5. The van der Waals surface area contributed by atoms with Crippen LogP contribution in [-0.2, 0) is 9.56 Å². The number of hydrogen-bond acceptors (Lipinski definition) is 13. The van der Waals surface area contributed by atoms with Crippen LogP contribution in [0.25, 0.3) is 10.1 Å². The third kappa shape index (κ3) is 10.6. The van der Waals surface area contributed by atoms with E-state index in [4.69, 9.17) is 45.0 Å². The Morgan fingerprint density at radius 1 is 1.02 bits per heavy atom. The fourth-order valence-electron chi connectivity index (χ4n) is 4.13. The SMILES string of the molecule is CCCOc1cc(C(=O)Nc2ccc3sc(SNCP(OOC)Oc4ccc(C#N)c(F)c4)cc3c2)cc(OCCCN)c1OCCN. The summed E-state index contributed by atoms with van der Waals surface area (Å²) in [6.07, 6.45) is 1.65. The molecule has 0 fully saturated rings. The number of nitrogens with two attached hydrogens (primary N) is 2. The van der Waals surface area contributed by atoms with Crippen molar-refractivity contribution >= 4 is 53.3 Å². The van der Waals surface area contributed by atoms with Gasteiger partial charge in [0.2, 0.25) is 5.75 Å². The van der Waals surface area contributed by atoms with Crippen molar-refractivity contribution in [1.82, 2.24) is 4.72 Å². The number of halogens is 1. The molecule has 1 aromatic heterocycles. The fourth-order valence-corrected chi connectivity index (χ4v) is 7.19. The highest BCUT2D eigenvalue weighted by Gasteiger charge is 2.20. The third-order valence-corrected chi connectivity index (χ3v) is 9.64. The van der Waals surface area contributed by atoms with Gasteiger partial charge in [0, 0.05) is 28.6 Å². The van der Waals surface area contributed by atoms with Crippen molar-refractivity contribution in [2.24, 2.45) is 11.5 Å². The zero-order valence-corrected chi connectivity index (χ0v) is 29.0. The van der Waals surface area contributed by atoms with Crippen LogP contribution in [-0.4, -0.2) is 52.2 Å². The Kier molecular flexibility index (Phi) is 14.9. The zero-order chi connectivity index (χ0) is 34.3. The van der Waals surface area contributed by atoms with E-state index in [-0.39, 0.29) is 30.1 Å². The maximum Gasteiger partial charge on any atom is 0.279 e. The van der Waals surface area contributed by atoms with Gasteiger partial charge in [0.15, 0.2) is 11.5 Å². The summed E-state index contributed by atoms with van der Waals surface area (Å²) in [5, 5.41) is 12.8. The molecule has 1 atom stereocenters. The van der Waals surface area contributed by atoms with Gasteiger partial charge in [0.05, 0.1) is 36.4 Å². The van der Waals surface area contributed by atoms with Gasteiger partial charge in [-0.2, -0.15) is 9.94 Å². The van der Waals surface area contributed by atoms with Crippen LogP contribution < -0.4 is 40.2 Å². The lowest BCUT2D eigenvalue weighted by Crippen LogP contribution is -2.15. The Labute approximate surface area is 287 Å². The summed E-state index contributed by atoms with van der Waals surface area (Å²) in [6.45, 7) is 3.79. The standard InChI is InChI=1S/C32H37FN5O7PS2/c1-3-11-41-27-15-23(16-28(42-12-4-9-34)31(27)43-13-10-35)32(39)38-24-6-8-29-22(14-24)17-30(47-29)48-37-20-46(45-40-2)44-25-7-5-21(19-36)26(33)18-25/h5-8,14-18,37H,3-4,9-13,20,34-35H2,1-2H3,(H,38,39). The number of nitrogens with one attached hydrogen (secondary N) is 2. The van der Waals surface area contributed by atoms with E-state index in [2.05, 4.69) is 10.0 Å². The Morgan fingerprint density at radius 2 is 1.81 bits per heavy atom. The van der Waals surface area contributed by atoms with Crippen molar-refractivity contribution < 1.29 is 37.5 Å². The van der Waals surface area contributed by atoms with Crippen molar-refractivity contribution in [1.29, 1.82) is 5.26 Å². The van der Waals surface area contributed by atoms with Crippen LogP contribution in [0.4, 0.5) is 10.1 Å². The second-order valence-corrected chi connectivity index (χ2v) is 13.5. The second kappa shape index (κ2) is 19.3. The van der Waals surface area contributed by atoms with Gasteiger partial charge in [-0.25, -0.2) is 14.0 Å². The average molecular weight is 718 g/mol. The number of hydrogen-bond donors (Lipinski definition) is 4. The molecule has 1 unspecified atom stereocenters. The van der Waals surface area contributed by atoms with E-state index in [0.717, 1.165) is 26.8 Å². The van der Waals surface area contributed by atoms with E-state index in [9.17, 15) is 9.18 Å². The van der Waals surface area contributed by atoms with Gasteiger partial charge in [0.1, 0.15) is 24.2 Å². The first kappa shape index (κ1) is 37.1. The lowest BCUT2D eigenvalue weighted by Gasteiger charge is -2.18. The molecule has 0 bridgehead atoms. The minimum absolute atomic E-state index is 0.0766. The molecule has 0 aliphatic carbocycles. The Morgan fingerprint density at radius 3 is 2.50 bits per heavy atom. The van der Waals surface area contributed by atoms with Crippen LogP contribution in [0.1, 0.15) is 35.7 Å². The summed E-state index contributed by atoms with van der Waals surface area (Å²) in [4.78, 5) is 18.2. The predicted molar refractivity (Wildman–Crippen MR) is 186 cm³/mol. The van der Waals surface area contributed by atoms with Gasteiger partial charge < -0.3 is 35.5 Å². The van der Waals surface area contributed by atoms with Crippen molar-refractivity contribution in [2.45, 2.75) is 24.0 Å². The third-order valence-electron chi connectivity index (χ3n) is 6.26. The molecule has 1 amide bonds. The highest BCUT2D eigenvalue weighted by Crippen LogP contribution is 2.41. The molecular formula is C32H37FN5O7PS2. The number of nitrogens with zero attached hydrogens (tertiary/aromatic N) is 1. The topological polar surface area (TPSA) is 172 Å². The van der Waals surface area contributed by atoms with Crippen LogP contribution in [0.2, 0.25) is 0 Å². The monoisotopic (exact) mass is 717 g/mol. The quantitative estimate of drug-likeness (QED) is 0.0256. The lowest BCUT2D eigenvalue weighted by molar-refractivity contribution is -0.175. The fraction of sp³-hybridized carbons (Fsp3) is 0.312. The van der Waals surface area contributed by atoms with E-state index < -0.39 is 14.2 Å². The number of ether oxygens (including phenoxy) is 3. The highest BCUT2D eigenvalue weighted by atomic mass is 32.2. The van der Waals surface area contributed by atoms with Crippen LogP contribution in [0, 0.1) is 17.1 Å². The molecule has 0 saturated carbocycles. The molecule has 0 aliphatic rings. The molecule has 256 valence electrons. The number of anilines is 1. The summed E-state index contributed by atoms with van der Waals surface area (Å²) >= 11 is 2.93. The molecular weight excluding hydrogens is 680 g/mol. The molecule has 4 aromatic rings. The maximum absolute atomic E-state index is 14.0. The molecule has 4 rings (SSSR count). The van der Waals surface area contributed by atoms with Crippen LogP contribution >= 0.6 is 31.7 Å². The molecule has 6 N–H and O–H groups in total. The van der Waals surface area contributed by atoms with Crippen LogP contribution in [0.5, 0.6) is 23.0 Å². The minimum atomic E-state index is -1.62. The van der Waals surface area contributed by atoms with Crippen molar-refractivity contribution in [3.8, 4) is 29.1 Å². The Hall–Kier alpha value is -3.71. The van der Waals surface area contributed by atoms with E-state index in [1.165, 1.54) is 31.2 Å². The molecule has 0 saturated heterocycles. The molecule has 3 aromatic carbocycles. The van der Waals surface area contributed by atoms with E-state index in [1.807, 2.05) is 31.2 Å². The first-order chi connectivity index (χ1) is 23.4. The maximum atomic E-state index is 14.0. The predicted octanol–water partition coefficient (Wildman–Crippen LogP) is 6.54. The van der Waals surface area contributed by atoms with Gasteiger partial charge in [0.25, 0.3) is 14.3 Å². The summed E-state index contributed by atoms with van der Waals surface area (Å²) in [5.41, 5.74) is 12.2. The lowest BCUT2D eigenvalue weighted by atomic mass is 10.1. The van der Waals surface area contributed by atoms with E-state index >= 15 is 0 Å². The van der Waals surface area contributed by atoms with Crippen molar-refractivity contribution in [2.75, 3.05) is 51.6 Å². The molecule has 16 heteroatoms. The van der Waals surface area contributed by atoms with Gasteiger partial charge in [-0.3, -0.25) is 4.79 Å². The first-order valence-electron chi connectivity index (χ1n) is 15.0. The highest BCUT2D eigenvalue weighted by molar-refractivity contribution is 7.99. The largest absolute Gasteiger partial charge is 0.490 e. The van der Waals surface area contributed by atoms with Crippen LogP contribution in [0.15, 0.2) is 58.8 Å². The number of carbonyl (C=O) groups is 1. The molecule has 12 nitrogen and oxygen atoms in total. The van der Waals surface area contributed by atoms with E-state index in [1.54, 1.807) is 29.5 Å². The number of rotatable bonds is 20. The molecule has 0 radical (unpaired) electrons. The molecule has 1 heterocycles. The summed E-state index contributed by atoms with van der Waals surface area (Å²) in [7, 11) is -0.266. The first-order valence-corrected chi connectivity index (χ1v) is 18.0. The van der Waals surface area contributed by atoms with Crippen molar-refractivity contribution in [3.05, 3.63) is 71.5 Å². The number of carbonyl (C=O) groups excluding carboxylic acids is 1. The number of thiophene rings is 1. The number of benzene rings is 3. The second-order valence-electron chi connectivity index (χ2n) is 9.87. The number of fused-ring (bicyclic) bond motifs is 1. The van der Waals surface area contributed by atoms with Crippen LogP contribution in [0.3, 0.4) is 0 Å². The van der Waals surface area contributed by atoms with Crippen molar-refractivity contribution in [3.63, 3.8) is 0 Å². The molecule has 0 spiro atoms. The van der Waals surface area contributed by atoms with E-state index in [0.29, 0.717) is 61.2 Å². The average Bonchev–Trinajstić information content (AvgIpc) is 3.49.